The van der Waals surface area contributed by atoms with Crippen molar-refractivity contribution in [2.45, 2.75) is 25.7 Å². The fraction of sp³-hybridized carbons (Fsp3) is 0.462. The first-order chi connectivity index (χ1) is 7.83. The van der Waals surface area contributed by atoms with Gasteiger partial charge in [-0.1, -0.05) is 34.1 Å². The number of alkyl halides is 1. The van der Waals surface area contributed by atoms with Gasteiger partial charge in [0.05, 0.1) is 0 Å². The second-order valence-electron chi connectivity index (χ2n) is 4.07. The number of amides is 1. The molecule has 0 spiro atoms. The Labute approximate surface area is 105 Å². The Morgan fingerprint density at radius 2 is 2.12 bits per heavy atom. The van der Waals surface area contributed by atoms with Crippen molar-refractivity contribution >= 4 is 27.5 Å². The number of halogens is 1. The van der Waals surface area contributed by atoms with Gasteiger partial charge in [0.2, 0.25) is 5.91 Å². The molecule has 0 aromatic heterocycles. The minimum absolute atomic E-state index is 0.269. The lowest BCUT2D eigenvalue weighted by atomic mass is 10.2. The number of rotatable bonds is 4. The summed E-state index contributed by atoms with van der Waals surface area (Å²) >= 11 is 3.38. The van der Waals surface area contributed by atoms with Crippen molar-refractivity contribution in [2.24, 2.45) is 0 Å². The van der Waals surface area contributed by atoms with Crippen LogP contribution in [0.25, 0.3) is 0 Å². The average molecular weight is 282 g/mol. The van der Waals surface area contributed by atoms with Gasteiger partial charge in [0.25, 0.3) is 0 Å². The molecule has 86 valence electrons. The summed E-state index contributed by atoms with van der Waals surface area (Å²) in [6, 6.07) is 8.20. The molecule has 1 aliphatic heterocycles. The Hall–Kier alpha value is -0.830. The molecule has 0 fully saturated rings. The molecule has 0 bridgehead atoms. The molecule has 2 nitrogen and oxygen atoms in total. The molecular weight excluding hydrogens is 266 g/mol. The highest BCUT2D eigenvalue weighted by Crippen LogP contribution is 2.28. The minimum Gasteiger partial charge on any atom is -0.312 e. The molecule has 1 heterocycles. The highest BCUT2D eigenvalue weighted by atomic mass is 79.9. The summed E-state index contributed by atoms with van der Waals surface area (Å²) in [5.74, 6) is 0.269. The summed E-state index contributed by atoms with van der Waals surface area (Å²) in [6.45, 7) is 0.854. The van der Waals surface area contributed by atoms with Gasteiger partial charge in [0.15, 0.2) is 0 Å². The summed E-state index contributed by atoms with van der Waals surface area (Å²) in [5, 5.41) is 0.983. The van der Waals surface area contributed by atoms with Crippen LogP contribution in [0, 0.1) is 0 Å². The minimum atomic E-state index is 0.269. The zero-order valence-corrected chi connectivity index (χ0v) is 10.9. The molecule has 1 amide bonds. The van der Waals surface area contributed by atoms with E-state index in [0.29, 0.717) is 6.42 Å². The van der Waals surface area contributed by atoms with Crippen molar-refractivity contribution in [3.8, 4) is 0 Å². The quantitative estimate of drug-likeness (QED) is 0.613. The second-order valence-corrected chi connectivity index (χ2v) is 4.86. The molecule has 0 atom stereocenters. The number of nitrogens with zero attached hydrogens (tertiary/aromatic N) is 1. The summed E-state index contributed by atoms with van der Waals surface area (Å²) < 4.78 is 0. The number of hydrogen-bond donors (Lipinski definition) is 0. The smallest absolute Gasteiger partial charge is 0.226 e. The van der Waals surface area contributed by atoms with Gasteiger partial charge in [-0.25, -0.2) is 0 Å². The molecule has 0 N–H and O–H groups in total. The van der Waals surface area contributed by atoms with Gasteiger partial charge in [-0.3, -0.25) is 4.79 Å². The average Bonchev–Trinajstić information content (AvgIpc) is 2.73. The topological polar surface area (TPSA) is 20.3 Å². The third-order valence-corrected chi connectivity index (χ3v) is 3.52. The van der Waals surface area contributed by atoms with Crippen LogP contribution in [0.1, 0.15) is 24.8 Å². The number of unbranched alkanes of at least 4 members (excludes halogenated alkanes) is 1. The van der Waals surface area contributed by atoms with Crippen molar-refractivity contribution < 1.29 is 4.79 Å². The van der Waals surface area contributed by atoms with Crippen LogP contribution in [0.2, 0.25) is 0 Å². The van der Waals surface area contributed by atoms with Gasteiger partial charge in [-0.2, -0.15) is 0 Å². The largest absolute Gasteiger partial charge is 0.312 e. The Morgan fingerprint density at radius 3 is 2.94 bits per heavy atom. The number of para-hydroxylation sites is 1. The predicted octanol–water partition coefficient (Wildman–Crippen LogP) is 3.14. The second kappa shape index (κ2) is 5.48. The van der Waals surface area contributed by atoms with Gasteiger partial charge in [0.1, 0.15) is 0 Å². The molecule has 2 rings (SSSR count). The van der Waals surface area contributed by atoms with E-state index in [-0.39, 0.29) is 5.91 Å². The standard InChI is InChI=1S/C13H16BrNO/c14-9-4-3-7-13(16)15-10-8-11-5-1-2-6-12(11)15/h1-2,5-6H,3-4,7-10H2. The number of benzene rings is 1. The van der Waals surface area contributed by atoms with Crippen molar-refractivity contribution in [3.05, 3.63) is 29.8 Å². The molecule has 0 saturated heterocycles. The first-order valence-corrected chi connectivity index (χ1v) is 6.89. The Morgan fingerprint density at radius 1 is 1.31 bits per heavy atom. The molecule has 0 saturated carbocycles. The molecular formula is C13H16BrNO. The van der Waals surface area contributed by atoms with E-state index in [1.54, 1.807) is 0 Å². The molecule has 0 unspecified atom stereocenters. The highest BCUT2D eigenvalue weighted by molar-refractivity contribution is 9.09. The van der Waals surface area contributed by atoms with Crippen LogP contribution in [0.4, 0.5) is 5.69 Å². The van der Waals surface area contributed by atoms with Gasteiger partial charge in [0, 0.05) is 24.0 Å². The van der Waals surface area contributed by atoms with E-state index in [4.69, 9.17) is 0 Å². The lowest BCUT2D eigenvalue weighted by Crippen LogP contribution is -2.28. The summed E-state index contributed by atoms with van der Waals surface area (Å²) in [6.07, 6.45) is 3.71. The molecule has 3 heteroatoms. The van der Waals surface area contributed by atoms with Crippen LogP contribution >= 0.6 is 15.9 Å². The van der Waals surface area contributed by atoms with E-state index in [1.165, 1.54) is 5.56 Å². The Balaban J connectivity index is 1.99. The maximum absolute atomic E-state index is 12.0. The van der Waals surface area contributed by atoms with Crippen molar-refractivity contribution in [1.29, 1.82) is 0 Å². The zero-order valence-electron chi connectivity index (χ0n) is 9.29. The van der Waals surface area contributed by atoms with E-state index in [0.717, 1.165) is 36.8 Å². The van der Waals surface area contributed by atoms with Gasteiger partial charge < -0.3 is 4.90 Å². The molecule has 1 aliphatic rings. The zero-order chi connectivity index (χ0) is 11.4. The third-order valence-electron chi connectivity index (χ3n) is 2.96. The van der Waals surface area contributed by atoms with Crippen LogP contribution in [0.15, 0.2) is 24.3 Å². The first-order valence-electron chi connectivity index (χ1n) is 5.77. The number of carbonyl (C=O) groups excluding carboxylic acids is 1. The molecule has 0 aliphatic carbocycles. The maximum Gasteiger partial charge on any atom is 0.226 e. The van der Waals surface area contributed by atoms with Crippen LogP contribution in [-0.2, 0) is 11.2 Å². The number of anilines is 1. The molecule has 16 heavy (non-hydrogen) atoms. The van der Waals surface area contributed by atoms with E-state index in [9.17, 15) is 4.79 Å². The fourth-order valence-corrected chi connectivity index (χ4v) is 2.50. The number of fused-ring (bicyclic) bond motifs is 1. The van der Waals surface area contributed by atoms with E-state index >= 15 is 0 Å². The molecule has 1 aromatic rings. The van der Waals surface area contributed by atoms with Crippen LogP contribution < -0.4 is 4.90 Å². The SMILES string of the molecule is O=C(CCCCBr)N1CCc2ccccc21. The van der Waals surface area contributed by atoms with E-state index < -0.39 is 0 Å². The number of hydrogen-bond acceptors (Lipinski definition) is 1. The summed E-state index contributed by atoms with van der Waals surface area (Å²) in [4.78, 5) is 13.9. The van der Waals surface area contributed by atoms with E-state index in [1.807, 2.05) is 23.1 Å². The van der Waals surface area contributed by atoms with Crippen molar-refractivity contribution in [3.63, 3.8) is 0 Å². The third kappa shape index (κ3) is 2.46. The number of carbonyl (C=O) groups is 1. The van der Waals surface area contributed by atoms with Crippen LogP contribution in [0.5, 0.6) is 0 Å². The van der Waals surface area contributed by atoms with Gasteiger partial charge in [-0.15, -0.1) is 0 Å². The van der Waals surface area contributed by atoms with Crippen molar-refractivity contribution in [2.75, 3.05) is 16.8 Å². The fourth-order valence-electron chi connectivity index (χ4n) is 2.10. The Kier molecular flexibility index (Phi) is 3.99. The lowest BCUT2D eigenvalue weighted by Gasteiger charge is -2.16. The normalized spacial score (nSPS) is 13.9. The first kappa shape index (κ1) is 11.6. The monoisotopic (exact) mass is 281 g/mol. The van der Waals surface area contributed by atoms with Crippen LogP contribution in [-0.4, -0.2) is 17.8 Å². The Bertz CT molecular complexity index is 378. The predicted molar refractivity (Wildman–Crippen MR) is 70.1 cm³/mol. The van der Waals surface area contributed by atoms with E-state index in [2.05, 4.69) is 22.0 Å². The summed E-state index contributed by atoms with van der Waals surface area (Å²) in [7, 11) is 0. The highest BCUT2D eigenvalue weighted by Gasteiger charge is 2.23. The van der Waals surface area contributed by atoms with Crippen LogP contribution in [0.3, 0.4) is 0 Å². The van der Waals surface area contributed by atoms with Gasteiger partial charge in [-0.05, 0) is 30.9 Å². The lowest BCUT2D eigenvalue weighted by molar-refractivity contribution is -0.118. The summed E-state index contributed by atoms with van der Waals surface area (Å²) in [5.41, 5.74) is 2.42. The van der Waals surface area contributed by atoms with Crippen molar-refractivity contribution in [1.82, 2.24) is 0 Å². The van der Waals surface area contributed by atoms with Gasteiger partial charge >= 0.3 is 0 Å². The molecule has 0 radical (unpaired) electrons. The molecule has 1 aromatic carbocycles. The maximum atomic E-state index is 12.0.